The molecule has 1 aromatic rings. The van der Waals surface area contributed by atoms with Crippen molar-refractivity contribution in [2.75, 3.05) is 6.54 Å². The van der Waals surface area contributed by atoms with E-state index >= 15 is 0 Å². The fourth-order valence-corrected chi connectivity index (χ4v) is 3.62. The molecule has 2 rings (SSSR count). The molecule has 0 N–H and O–H groups in total. The number of nitro groups is 1. The summed E-state index contributed by atoms with van der Waals surface area (Å²) >= 11 is 0. The molecule has 0 bridgehead atoms. The second-order valence-electron chi connectivity index (χ2n) is 4.31. The summed E-state index contributed by atoms with van der Waals surface area (Å²) in [5.41, 5.74) is -0.728. The fourth-order valence-electron chi connectivity index (χ4n) is 1.92. The molecule has 1 aromatic carbocycles. The highest BCUT2D eigenvalue weighted by molar-refractivity contribution is 7.89. The first-order chi connectivity index (χ1) is 8.87. The Morgan fingerprint density at radius 3 is 2.53 bits per heavy atom. The van der Waals surface area contributed by atoms with Gasteiger partial charge in [0.15, 0.2) is 0 Å². The predicted molar refractivity (Wildman–Crippen MR) is 65.6 cm³/mol. The fraction of sp³-hybridized carbons (Fsp3) is 0.455. The van der Waals surface area contributed by atoms with Crippen molar-refractivity contribution in [3.05, 3.63) is 34.1 Å². The van der Waals surface area contributed by atoms with Gasteiger partial charge in [0.2, 0.25) is 15.8 Å². The minimum atomic E-state index is -3.78. The normalized spacial score (nSPS) is 15.7. The molecule has 0 atom stereocenters. The average molecular weight is 288 g/mol. The van der Waals surface area contributed by atoms with Crippen LogP contribution in [-0.4, -0.2) is 30.2 Å². The molecule has 0 spiro atoms. The summed E-state index contributed by atoms with van der Waals surface area (Å²) in [6.07, 6.45) is 1.59. The smallest absolute Gasteiger partial charge is 0.258 e. The van der Waals surface area contributed by atoms with E-state index in [0.29, 0.717) is 12.6 Å². The first-order valence-electron chi connectivity index (χ1n) is 5.83. The van der Waals surface area contributed by atoms with Crippen molar-refractivity contribution in [3.8, 4) is 0 Å². The lowest BCUT2D eigenvalue weighted by atomic mass is 10.3. The summed E-state index contributed by atoms with van der Waals surface area (Å²) in [4.78, 5) is 9.37. The quantitative estimate of drug-likeness (QED) is 0.612. The van der Waals surface area contributed by atoms with Crippen LogP contribution in [0.25, 0.3) is 0 Å². The van der Waals surface area contributed by atoms with Crippen molar-refractivity contribution < 1.29 is 17.7 Å². The van der Waals surface area contributed by atoms with Gasteiger partial charge in [0, 0.05) is 24.7 Å². The summed E-state index contributed by atoms with van der Waals surface area (Å²) in [6, 6.07) is 2.62. The number of sulfonamides is 1. The molecule has 0 saturated heterocycles. The molecule has 0 unspecified atom stereocenters. The second-order valence-corrected chi connectivity index (χ2v) is 6.20. The Kier molecular flexibility index (Phi) is 3.55. The van der Waals surface area contributed by atoms with Gasteiger partial charge < -0.3 is 0 Å². The summed E-state index contributed by atoms with van der Waals surface area (Å²) in [5.74, 6) is -1.14. The van der Waals surface area contributed by atoms with Crippen molar-refractivity contribution in [3.63, 3.8) is 0 Å². The second kappa shape index (κ2) is 4.86. The monoisotopic (exact) mass is 288 g/mol. The van der Waals surface area contributed by atoms with Crippen LogP contribution >= 0.6 is 0 Å². The van der Waals surface area contributed by atoms with Crippen molar-refractivity contribution in [1.29, 1.82) is 0 Å². The van der Waals surface area contributed by atoms with Crippen molar-refractivity contribution >= 4 is 15.7 Å². The molecule has 0 aliphatic heterocycles. The molecule has 0 amide bonds. The van der Waals surface area contributed by atoms with Crippen molar-refractivity contribution in [2.24, 2.45) is 0 Å². The number of hydrogen-bond donors (Lipinski definition) is 0. The van der Waals surface area contributed by atoms with Gasteiger partial charge in [-0.3, -0.25) is 10.1 Å². The van der Waals surface area contributed by atoms with E-state index in [1.54, 1.807) is 6.92 Å². The standard InChI is InChI=1S/C11H13FN2O4S/c1-2-13(8-3-4-8)19(17,18)9-5-6-11(14(15)16)10(12)7-9/h5-8H,2-4H2,1H3. The zero-order valence-electron chi connectivity index (χ0n) is 10.2. The van der Waals surface area contributed by atoms with E-state index in [-0.39, 0.29) is 10.9 Å². The van der Waals surface area contributed by atoms with Crippen LogP contribution in [0.5, 0.6) is 0 Å². The molecule has 0 radical (unpaired) electrons. The molecule has 1 aliphatic rings. The third-order valence-electron chi connectivity index (χ3n) is 2.99. The molecule has 19 heavy (non-hydrogen) atoms. The van der Waals surface area contributed by atoms with Crippen LogP contribution < -0.4 is 0 Å². The van der Waals surface area contributed by atoms with Crippen LogP contribution in [0, 0.1) is 15.9 Å². The lowest BCUT2D eigenvalue weighted by molar-refractivity contribution is -0.387. The summed E-state index contributed by atoms with van der Waals surface area (Å²) in [6.45, 7) is 2.00. The van der Waals surface area contributed by atoms with E-state index in [1.807, 2.05) is 0 Å². The van der Waals surface area contributed by atoms with Gasteiger partial charge in [-0.25, -0.2) is 8.42 Å². The summed E-state index contributed by atoms with van der Waals surface area (Å²) in [5, 5.41) is 10.5. The average Bonchev–Trinajstić information content (AvgIpc) is 3.13. The largest absolute Gasteiger partial charge is 0.304 e. The van der Waals surface area contributed by atoms with Gasteiger partial charge in [-0.1, -0.05) is 6.92 Å². The summed E-state index contributed by atoms with van der Waals surface area (Å²) in [7, 11) is -3.78. The topological polar surface area (TPSA) is 80.5 Å². The first kappa shape index (κ1) is 13.9. The highest BCUT2D eigenvalue weighted by Gasteiger charge is 2.37. The lowest BCUT2D eigenvalue weighted by Gasteiger charge is -2.19. The molecular formula is C11H13FN2O4S. The molecule has 6 nitrogen and oxygen atoms in total. The molecule has 0 aromatic heterocycles. The van der Waals surface area contributed by atoms with Gasteiger partial charge in [-0.2, -0.15) is 8.70 Å². The SMILES string of the molecule is CCN(C1CC1)S(=O)(=O)c1ccc([N+](=O)[O-])c(F)c1. The van der Waals surface area contributed by atoms with Gasteiger partial charge in [0.25, 0.3) is 0 Å². The Balaban J connectivity index is 2.40. The molecule has 1 saturated carbocycles. The van der Waals surface area contributed by atoms with E-state index in [0.717, 1.165) is 25.0 Å². The summed E-state index contributed by atoms with van der Waals surface area (Å²) < 4.78 is 39.3. The predicted octanol–water partition coefficient (Wildman–Crippen LogP) is 1.91. The molecule has 8 heteroatoms. The van der Waals surface area contributed by atoms with Gasteiger partial charge >= 0.3 is 5.69 Å². The zero-order valence-corrected chi connectivity index (χ0v) is 11.1. The number of benzene rings is 1. The van der Waals surface area contributed by atoms with Crippen LogP contribution in [0.15, 0.2) is 23.1 Å². The van der Waals surface area contributed by atoms with Crippen molar-refractivity contribution in [1.82, 2.24) is 4.31 Å². The van der Waals surface area contributed by atoms with E-state index in [4.69, 9.17) is 0 Å². The Hall–Kier alpha value is -1.54. The van der Waals surface area contributed by atoms with Crippen LogP contribution in [0.2, 0.25) is 0 Å². The Bertz CT molecular complexity index is 613. The number of nitro benzene ring substituents is 1. The van der Waals surface area contributed by atoms with Gasteiger partial charge in [-0.05, 0) is 18.9 Å². The van der Waals surface area contributed by atoms with Gasteiger partial charge in [-0.15, -0.1) is 0 Å². The first-order valence-corrected chi connectivity index (χ1v) is 7.27. The lowest BCUT2D eigenvalue weighted by Crippen LogP contribution is -2.32. The van der Waals surface area contributed by atoms with Crippen molar-refractivity contribution in [2.45, 2.75) is 30.7 Å². The number of rotatable bonds is 5. The number of hydrogen-bond acceptors (Lipinski definition) is 4. The van der Waals surface area contributed by atoms with E-state index < -0.39 is 26.5 Å². The van der Waals surface area contributed by atoms with Crippen LogP contribution in [0.1, 0.15) is 19.8 Å². The maximum absolute atomic E-state index is 13.5. The minimum absolute atomic E-state index is 0.0340. The van der Waals surface area contributed by atoms with Crippen LogP contribution in [-0.2, 0) is 10.0 Å². The molecular weight excluding hydrogens is 275 g/mol. The maximum Gasteiger partial charge on any atom is 0.304 e. The van der Waals surface area contributed by atoms with E-state index in [2.05, 4.69) is 0 Å². The van der Waals surface area contributed by atoms with Gasteiger partial charge in [0.1, 0.15) is 0 Å². The third kappa shape index (κ3) is 2.59. The highest BCUT2D eigenvalue weighted by Crippen LogP contribution is 2.32. The Morgan fingerprint density at radius 2 is 2.11 bits per heavy atom. The maximum atomic E-state index is 13.5. The van der Waals surface area contributed by atoms with E-state index in [1.165, 1.54) is 4.31 Å². The molecule has 0 heterocycles. The molecule has 104 valence electrons. The number of halogens is 1. The minimum Gasteiger partial charge on any atom is -0.258 e. The van der Waals surface area contributed by atoms with Crippen LogP contribution in [0.4, 0.5) is 10.1 Å². The number of nitrogens with zero attached hydrogens (tertiary/aromatic N) is 2. The zero-order chi connectivity index (χ0) is 14.2. The Labute approximate surface area is 110 Å². The van der Waals surface area contributed by atoms with Gasteiger partial charge in [0.05, 0.1) is 9.82 Å². The van der Waals surface area contributed by atoms with E-state index in [9.17, 15) is 22.9 Å². The molecule has 1 aliphatic carbocycles. The van der Waals surface area contributed by atoms with Crippen LogP contribution in [0.3, 0.4) is 0 Å². The third-order valence-corrected chi connectivity index (χ3v) is 5.01. The highest BCUT2D eigenvalue weighted by atomic mass is 32.2. The molecule has 1 fully saturated rings. The Morgan fingerprint density at radius 1 is 1.47 bits per heavy atom.